The summed E-state index contributed by atoms with van der Waals surface area (Å²) in [5.74, 6) is -0.134. The van der Waals surface area contributed by atoms with Gasteiger partial charge in [-0.15, -0.1) is 0 Å². The molecule has 3 nitrogen and oxygen atoms in total. The predicted molar refractivity (Wildman–Crippen MR) is 80.9 cm³/mol. The fraction of sp³-hybridized carbons (Fsp3) is 0.588. The van der Waals surface area contributed by atoms with Crippen LogP contribution in [0.1, 0.15) is 48.9 Å². The molecule has 0 saturated carbocycles. The summed E-state index contributed by atoms with van der Waals surface area (Å²) in [5.41, 5.74) is 4.05. The monoisotopic (exact) mass is 275 g/mol. The highest BCUT2D eigenvalue weighted by Gasteiger charge is 2.27. The van der Waals surface area contributed by atoms with Crippen LogP contribution in [0, 0.1) is 19.8 Å². The summed E-state index contributed by atoms with van der Waals surface area (Å²) in [7, 11) is 0. The summed E-state index contributed by atoms with van der Waals surface area (Å²) in [6.45, 7) is 8.66. The first-order chi connectivity index (χ1) is 9.47. The lowest BCUT2D eigenvalue weighted by Gasteiger charge is -2.25. The summed E-state index contributed by atoms with van der Waals surface area (Å²) in [5, 5.41) is 8.77. The highest BCUT2D eigenvalue weighted by molar-refractivity contribution is 5.66. The topological polar surface area (TPSA) is 40.5 Å². The van der Waals surface area contributed by atoms with Crippen LogP contribution in [0.25, 0.3) is 0 Å². The van der Waals surface area contributed by atoms with E-state index in [4.69, 9.17) is 5.11 Å². The molecular weight excluding hydrogens is 250 g/mol. The summed E-state index contributed by atoms with van der Waals surface area (Å²) in [6.07, 6.45) is 2.24. The Kier molecular flexibility index (Phi) is 4.81. The molecule has 1 aliphatic rings. The van der Waals surface area contributed by atoms with Gasteiger partial charge in [-0.2, -0.15) is 0 Å². The van der Waals surface area contributed by atoms with E-state index in [1.807, 2.05) is 0 Å². The van der Waals surface area contributed by atoms with E-state index >= 15 is 0 Å². The smallest absolute Gasteiger partial charge is 0.303 e. The number of aliphatic carboxylic acids is 1. The molecule has 0 radical (unpaired) electrons. The molecule has 0 aromatic heterocycles. The quantitative estimate of drug-likeness (QED) is 0.893. The molecule has 0 aliphatic carbocycles. The zero-order valence-electron chi connectivity index (χ0n) is 12.7. The van der Waals surface area contributed by atoms with E-state index in [-0.39, 0.29) is 0 Å². The second-order valence-electron chi connectivity index (χ2n) is 6.10. The maximum Gasteiger partial charge on any atom is 0.303 e. The molecule has 0 amide bonds. The molecule has 1 fully saturated rings. The minimum atomic E-state index is -0.675. The fourth-order valence-corrected chi connectivity index (χ4v) is 3.01. The van der Waals surface area contributed by atoms with Crippen molar-refractivity contribution in [3.8, 4) is 0 Å². The van der Waals surface area contributed by atoms with Crippen LogP contribution in [0.15, 0.2) is 18.2 Å². The van der Waals surface area contributed by atoms with E-state index in [2.05, 4.69) is 43.9 Å². The Bertz CT molecular complexity index is 484. The van der Waals surface area contributed by atoms with Crippen molar-refractivity contribution in [3.05, 3.63) is 34.9 Å². The van der Waals surface area contributed by atoms with Crippen molar-refractivity contribution in [1.82, 2.24) is 4.90 Å². The van der Waals surface area contributed by atoms with E-state index in [1.54, 1.807) is 0 Å². The minimum Gasteiger partial charge on any atom is -0.481 e. The Morgan fingerprint density at radius 3 is 2.80 bits per heavy atom. The van der Waals surface area contributed by atoms with E-state index < -0.39 is 5.97 Å². The number of rotatable bonds is 5. The number of nitrogens with zero attached hydrogens (tertiary/aromatic N) is 1. The zero-order valence-corrected chi connectivity index (χ0v) is 12.7. The standard InChI is InChI=1S/C17H25NO2/c1-12-4-6-16(10-13(12)2)14(3)18-9-8-15(11-18)5-7-17(19)20/h4,6,10,14-15H,5,7-9,11H2,1-3H3,(H,19,20). The van der Waals surface area contributed by atoms with Gasteiger partial charge in [0.15, 0.2) is 0 Å². The van der Waals surface area contributed by atoms with Gasteiger partial charge in [0, 0.05) is 19.0 Å². The van der Waals surface area contributed by atoms with Crippen LogP contribution < -0.4 is 0 Å². The van der Waals surface area contributed by atoms with Crippen LogP contribution in [-0.2, 0) is 4.79 Å². The minimum absolute atomic E-state index is 0.302. The Morgan fingerprint density at radius 2 is 2.15 bits per heavy atom. The Labute approximate surface area is 121 Å². The lowest BCUT2D eigenvalue weighted by Crippen LogP contribution is -2.24. The van der Waals surface area contributed by atoms with Crippen molar-refractivity contribution in [2.75, 3.05) is 13.1 Å². The van der Waals surface area contributed by atoms with E-state index in [0.717, 1.165) is 25.9 Å². The molecule has 2 rings (SSSR count). The number of benzene rings is 1. The first-order valence-electron chi connectivity index (χ1n) is 7.50. The molecule has 1 aromatic rings. The molecule has 1 aliphatic heterocycles. The maximum atomic E-state index is 10.6. The first-order valence-corrected chi connectivity index (χ1v) is 7.50. The Morgan fingerprint density at radius 1 is 1.40 bits per heavy atom. The van der Waals surface area contributed by atoms with Crippen LogP contribution >= 0.6 is 0 Å². The Balaban J connectivity index is 1.95. The molecule has 1 aromatic carbocycles. The van der Waals surface area contributed by atoms with Crippen LogP contribution in [0.3, 0.4) is 0 Å². The molecule has 0 spiro atoms. The third-order valence-electron chi connectivity index (χ3n) is 4.64. The maximum absolute atomic E-state index is 10.6. The van der Waals surface area contributed by atoms with E-state index in [1.165, 1.54) is 16.7 Å². The molecule has 1 heterocycles. The molecule has 0 bridgehead atoms. The van der Waals surface area contributed by atoms with Crippen LogP contribution in [-0.4, -0.2) is 29.1 Å². The summed E-state index contributed by atoms with van der Waals surface area (Å²) in [6, 6.07) is 7.12. The second kappa shape index (κ2) is 6.40. The third kappa shape index (κ3) is 3.60. The van der Waals surface area contributed by atoms with Crippen molar-refractivity contribution >= 4 is 5.97 Å². The third-order valence-corrected chi connectivity index (χ3v) is 4.64. The largest absolute Gasteiger partial charge is 0.481 e. The van der Waals surface area contributed by atoms with Crippen molar-refractivity contribution in [3.63, 3.8) is 0 Å². The molecule has 110 valence electrons. The molecule has 2 unspecified atom stereocenters. The normalized spacial score (nSPS) is 21.1. The molecular formula is C17H25NO2. The van der Waals surface area contributed by atoms with Crippen molar-refractivity contribution in [2.45, 2.75) is 46.1 Å². The number of hydrogen-bond acceptors (Lipinski definition) is 2. The van der Waals surface area contributed by atoms with Gasteiger partial charge in [-0.3, -0.25) is 9.69 Å². The van der Waals surface area contributed by atoms with E-state index in [9.17, 15) is 4.79 Å². The number of hydrogen-bond donors (Lipinski definition) is 1. The zero-order chi connectivity index (χ0) is 14.7. The van der Waals surface area contributed by atoms with Crippen molar-refractivity contribution in [2.24, 2.45) is 5.92 Å². The van der Waals surface area contributed by atoms with Gasteiger partial charge < -0.3 is 5.11 Å². The van der Waals surface area contributed by atoms with Gasteiger partial charge >= 0.3 is 5.97 Å². The number of likely N-dealkylation sites (tertiary alicyclic amines) is 1. The fourth-order valence-electron chi connectivity index (χ4n) is 3.01. The number of aryl methyl sites for hydroxylation is 2. The molecule has 20 heavy (non-hydrogen) atoms. The van der Waals surface area contributed by atoms with Gasteiger partial charge in [0.05, 0.1) is 0 Å². The van der Waals surface area contributed by atoms with Gasteiger partial charge in [-0.05, 0) is 62.8 Å². The number of carboxylic acid groups (broad SMARTS) is 1. The van der Waals surface area contributed by atoms with Crippen LogP contribution in [0.5, 0.6) is 0 Å². The second-order valence-corrected chi connectivity index (χ2v) is 6.10. The average molecular weight is 275 g/mol. The summed E-state index contributed by atoms with van der Waals surface area (Å²) in [4.78, 5) is 13.1. The number of carbonyl (C=O) groups is 1. The predicted octanol–water partition coefficient (Wildman–Crippen LogP) is 3.55. The van der Waals surface area contributed by atoms with Gasteiger partial charge in [0.2, 0.25) is 0 Å². The lowest BCUT2D eigenvalue weighted by atomic mass is 10.0. The van der Waals surface area contributed by atoms with Gasteiger partial charge in [-0.25, -0.2) is 0 Å². The van der Waals surface area contributed by atoms with Crippen LogP contribution in [0.4, 0.5) is 0 Å². The highest BCUT2D eigenvalue weighted by atomic mass is 16.4. The molecule has 1 saturated heterocycles. The number of carboxylic acids is 1. The van der Waals surface area contributed by atoms with Gasteiger partial charge in [-0.1, -0.05) is 18.2 Å². The SMILES string of the molecule is Cc1ccc(C(C)N2CCC(CCC(=O)O)C2)cc1C. The van der Waals surface area contributed by atoms with Crippen LogP contribution in [0.2, 0.25) is 0 Å². The van der Waals surface area contributed by atoms with Crippen molar-refractivity contribution < 1.29 is 9.90 Å². The van der Waals surface area contributed by atoms with E-state index in [0.29, 0.717) is 18.4 Å². The lowest BCUT2D eigenvalue weighted by molar-refractivity contribution is -0.137. The average Bonchev–Trinajstić information content (AvgIpc) is 2.87. The molecule has 1 N–H and O–H groups in total. The highest BCUT2D eigenvalue weighted by Crippen LogP contribution is 2.30. The first kappa shape index (κ1) is 15.0. The summed E-state index contributed by atoms with van der Waals surface area (Å²) >= 11 is 0. The van der Waals surface area contributed by atoms with Crippen molar-refractivity contribution in [1.29, 1.82) is 0 Å². The Hall–Kier alpha value is -1.35. The van der Waals surface area contributed by atoms with Gasteiger partial charge in [0.1, 0.15) is 0 Å². The summed E-state index contributed by atoms with van der Waals surface area (Å²) < 4.78 is 0. The molecule has 2 atom stereocenters. The molecule has 3 heteroatoms. The van der Waals surface area contributed by atoms with Gasteiger partial charge in [0.25, 0.3) is 0 Å².